The second-order valence-electron chi connectivity index (χ2n) is 5.72. The van der Waals surface area contributed by atoms with Gasteiger partial charge >= 0.3 is 0 Å². The molecule has 2 amide bonds. The molecule has 2 rings (SSSR count). The lowest BCUT2D eigenvalue weighted by atomic mass is 10.1. The number of anilines is 1. The van der Waals surface area contributed by atoms with Crippen molar-refractivity contribution in [2.75, 3.05) is 11.9 Å². The van der Waals surface area contributed by atoms with Crippen LogP contribution in [0, 0.1) is 10.1 Å². The molecule has 0 bridgehead atoms. The molecule has 2 aromatic rings. The molecule has 0 fully saturated rings. The molecule has 0 heterocycles. The molecule has 8 heteroatoms. The number of hydrogen-bond donors (Lipinski definition) is 3. The number of aliphatic hydroxyl groups excluding tert-OH is 1. The molecule has 1 atom stereocenters. The number of rotatable bonds is 7. The normalized spacial score (nSPS) is 11.5. The van der Waals surface area contributed by atoms with E-state index in [0.29, 0.717) is 11.3 Å². The van der Waals surface area contributed by atoms with Gasteiger partial charge in [0.05, 0.1) is 17.4 Å². The zero-order valence-corrected chi connectivity index (χ0v) is 14.1. The molecule has 26 heavy (non-hydrogen) atoms. The number of amides is 2. The lowest BCUT2D eigenvalue weighted by molar-refractivity contribution is -0.384. The molecule has 0 aliphatic heterocycles. The van der Waals surface area contributed by atoms with E-state index in [4.69, 9.17) is 0 Å². The SMILES string of the molecule is CC(=O)Nc1ccc(CC(=O)NCC(O)c2ccc([N+](=O)[O-])cc2)cc1. The third-order valence-electron chi connectivity index (χ3n) is 3.62. The van der Waals surface area contributed by atoms with Crippen molar-refractivity contribution in [3.05, 3.63) is 69.8 Å². The standard InChI is InChI=1S/C18H19N3O5/c1-12(22)20-15-6-2-13(3-7-15)10-18(24)19-11-17(23)14-4-8-16(9-5-14)21(25)26/h2-9,17,23H,10-11H2,1H3,(H,19,24)(H,20,22). The molecule has 3 N–H and O–H groups in total. The Morgan fingerprint density at radius 3 is 2.27 bits per heavy atom. The van der Waals surface area contributed by atoms with Crippen molar-refractivity contribution in [2.24, 2.45) is 0 Å². The third-order valence-corrected chi connectivity index (χ3v) is 3.62. The smallest absolute Gasteiger partial charge is 0.269 e. The van der Waals surface area contributed by atoms with Crippen LogP contribution in [0.3, 0.4) is 0 Å². The summed E-state index contributed by atoms with van der Waals surface area (Å²) in [5.41, 5.74) is 1.83. The molecule has 136 valence electrons. The topological polar surface area (TPSA) is 122 Å². The fourth-order valence-corrected chi connectivity index (χ4v) is 2.30. The highest BCUT2D eigenvalue weighted by atomic mass is 16.6. The maximum Gasteiger partial charge on any atom is 0.269 e. The van der Waals surface area contributed by atoms with Crippen molar-refractivity contribution in [3.8, 4) is 0 Å². The van der Waals surface area contributed by atoms with E-state index in [0.717, 1.165) is 5.56 Å². The van der Waals surface area contributed by atoms with Gasteiger partial charge in [0, 0.05) is 31.3 Å². The predicted molar refractivity (Wildman–Crippen MR) is 95.5 cm³/mol. The van der Waals surface area contributed by atoms with Gasteiger partial charge in [-0.25, -0.2) is 0 Å². The fourth-order valence-electron chi connectivity index (χ4n) is 2.30. The molecule has 0 spiro atoms. The van der Waals surface area contributed by atoms with Crippen molar-refractivity contribution in [2.45, 2.75) is 19.4 Å². The van der Waals surface area contributed by atoms with Gasteiger partial charge in [0.25, 0.3) is 5.69 Å². The number of aliphatic hydroxyl groups is 1. The highest BCUT2D eigenvalue weighted by Crippen LogP contribution is 2.17. The number of nitro groups is 1. The van der Waals surface area contributed by atoms with Gasteiger partial charge in [-0.1, -0.05) is 12.1 Å². The van der Waals surface area contributed by atoms with E-state index in [-0.39, 0.29) is 30.5 Å². The number of carbonyl (C=O) groups is 2. The Kier molecular flexibility index (Phi) is 6.40. The largest absolute Gasteiger partial charge is 0.387 e. The summed E-state index contributed by atoms with van der Waals surface area (Å²) in [7, 11) is 0. The summed E-state index contributed by atoms with van der Waals surface area (Å²) in [5, 5.41) is 25.9. The Balaban J connectivity index is 1.84. The molecule has 1 unspecified atom stereocenters. The molecule has 2 aromatic carbocycles. The van der Waals surface area contributed by atoms with Crippen molar-refractivity contribution in [3.63, 3.8) is 0 Å². The molecule has 0 aromatic heterocycles. The number of non-ortho nitro benzene ring substituents is 1. The number of nitro benzene ring substituents is 1. The number of carbonyl (C=O) groups excluding carboxylic acids is 2. The van der Waals surface area contributed by atoms with Crippen LogP contribution >= 0.6 is 0 Å². The first-order chi connectivity index (χ1) is 12.3. The van der Waals surface area contributed by atoms with Crippen molar-refractivity contribution in [1.82, 2.24) is 5.32 Å². The molecular formula is C18H19N3O5. The van der Waals surface area contributed by atoms with E-state index >= 15 is 0 Å². The van der Waals surface area contributed by atoms with E-state index in [9.17, 15) is 24.8 Å². The minimum Gasteiger partial charge on any atom is -0.387 e. The van der Waals surface area contributed by atoms with E-state index in [2.05, 4.69) is 10.6 Å². The molecule has 0 aliphatic rings. The number of nitrogens with zero attached hydrogens (tertiary/aromatic N) is 1. The summed E-state index contributed by atoms with van der Waals surface area (Å²) in [6.07, 6.45) is -0.824. The van der Waals surface area contributed by atoms with Crippen molar-refractivity contribution < 1.29 is 19.6 Å². The van der Waals surface area contributed by atoms with Crippen LogP contribution in [0.2, 0.25) is 0 Å². The van der Waals surface area contributed by atoms with Gasteiger partial charge < -0.3 is 15.7 Å². The summed E-state index contributed by atoms with van der Waals surface area (Å²) in [5.74, 6) is -0.436. The summed E-state index contributed by atoms with van der Waals surface area (Å²) in [6.45, 7) is 1.41. The summed E-state index contributed by atoms with van der Waals surface area (Å²) >= 11 is 0. The second kappa shape index (κ2) is 8.72. The highest BCUT2D eigenvalue weighted by molar-refractivity contribution is 5.88. The Morgan fingerprint density at radius 1 is 1.12 bits per heavy atom. The quantitative estimate of drug-likeness (QED) is 0.516. The first-order valence-electron chi connectivity index (χ1n) is 7.91. The number of hydrogen-bond acceptors (Lipinski definition) is 5. The first kappa shape index (κ1) is 19.1. The Hall–Kier alpha value is -3.26. The molecule has 0 saturated carbocycles. The maximum atomic E-state index is 12.0. The lowest BCUT2D eigenvalue weighted by Gasteiger charge is -2.12. The number of nitrogens with one attached hydrogen (secondary N) is 2. The first-order valence-corrected chi connectivity index (χ1v) is 7.91. The van der Waals surface area contributed by atoms with Crippen LogP contribution in [-0.4, -0.2) is 28.4 Å². The Bertz CT molecular complexity index is 787. The van der Waals surface area contributed by atoms with Gasteiger partial charge in [0.1, 0.15) is 0 Å². The van der Waals surface area contributed by atoms with E-state index in [1.54, 1.807) is 24.3 Å². The molecule has 0 radical (unpaired) electrons. The lowest BCUT2D eigenvalue weighted by Crippen LogP contribution is -2.29. The van der Waals surface area contributed by atoms with Crippen molar-refractivity contribution in [1.29, 1.82) is 0 Å². The molecule has 0 aliphatic carbocycles. The minimum atomic E-state index is -0.957. The van der Waals surface area contributed by atoms with Gasteiger partial charge in [-0.2, -0.15) is 0 Å². The summed E-state index contributed by atoms with van der Waals surface area (Å²) in [4.78, 5) is 33.0. The molecule has 0 saturated heterocycles. The predicted octanol–water partition coefficient (Wildman–Crippen LogP) is 1.95. The zero-order valence-electron chi connectivity index (χ0n) is 14.1. The minimum absolute atomic E-state index is 0.000615. The van der Waals surface area contributed by atoms with Gasteiger partial charge in [-0.3, -0.25) is 19.7 Å². The van der Waals surface area contributed by atoms with Gasteiger partial charge in [-0.15, -0.1) is 0 Å². The second-order valence-corrected chi connectivity index (χ2v) is 5.72. The Morgan fingerprint density at radius 2 is 1.73 bits per heavy atom. The monoisotopic (exact) mass is 357 g/mol. The Labute approximate surface area is 150 Å². The number of benzene rings is 2. The molecular weight excluding hydrogens is 338 g/mol. The average Bonchev–Trinajstić information content (AvgIpc) is 2.61. The zero-order chi connectivity index (χ0) is 19.1. The summed E-state index contributed by atoms with van der Waals surface area (Å²) in [6, 6.07) is 12.4. The van der Waals surface area contributed by atoms with Crippen LogP contribution in [0.15, 0.2) is 48.5 Å². The average molecular weight is 357 g/mol. The van der Waals surface area contributed by atoms with E-state index in [1.165, 1.54) is 31.2 Å². The van der Waals surface area contributed by atoms with Crippen LogP contribution < -0.4 is 10.6 Å². The maximum absolute atomic E-state index is 12.0. The van der Waals surface area contributed by atoms with Crippen LogP contribution in [0.25, 0.3) is 0 Å². The van der Waals surface area contributed by atoms with E-state index < -0.39 is 11.0 Å². The van der Waals surface area contributed by atoms with Crippen LogP contribution in [0.1, 0.15) is 24.2 Å². The highest BCUT2D eigenvalue weighted by Gasteiger charge is 2.12. The van der Waals surface area contributed by atoms with Crippen LogP contribution in [-0.2, 0) is 16.0 Å². The van der Waals surface area contributed by atoms with Crippen molar-refractivity contribution >= 4 is 23.2 Å². The van der Waals surface area contributed by atoms with Gasteiger partial charge in [0.2, 0.25) is 11.8 Å². The van der Waals surface area contributed by atoms with Crippen LogP contribution in [0.4, 0.5) is 11.4 Å². The van der Waals surface area contributed by atoms with Gasteiger partial charge in [0.15, 0.2) is 0 Å². The van der Waals surface area contributed by atoms with Gasteiger partial charge in [-0.05, 0) is 35.4 Å². The van der Waals surface area contributed by atoms with E-state index in [1.807, 2.05) is 0 Å². The fraction of sp³-hybridized carbons (Fsp3) is 0.222. The summed E-state index contributed by atoms with van der Waals surface area (Å²) < 4.78 is 0. The third kappa shape index (κ3) is 5.67. The van der Waals surface area contributed by atoms with Crippen LogP contribution in [0.5, 0.6) is 0 Å². The molecule has 8 nitrogen and oxygen atoms in total.